The van der Waals surface area contributed by atoms with Crippen molar-refractivity contribution in [1.29, 1.82) is 0 Å². The Labute approximate surface area is 159 Å². The summed E-state index contributed by atoms with van der Waals surface area (Å²) in [6.45, 7) is -0.676. The van der Waals surface area contributed by atoms with Gasteiger partial charge in [0, 0.05) is 37.3 Å². The molecule has 1 saturated heterocycles. The van der Waals surface area contributed by atoms with Gasteiger partial charge in [-0.1, -0.05) is 30.3 Å². The summed E-state index contributed by atoms with van der Waals surface area (Å²) in [6, 6.07) is 12.0. The number of nitrogens with zero attached hydrogens (tertiary/aromatic N) is 2. The van der Waals surface area contributed by atoms with Crippen LogP contribution in [0.3, 0.4) is 0 Å². The Morgan fingerprint density at radius 3 is 2.54 bits per heavy atom. The van der Waals surface area contributed by atoms with Crippen LogP contribution in [0.5, 0.6) is 5.88 Å². The standard InChI is InChI=1S/C19H19F4N3O2/c20-18(21)19(22,23)11-28-16-7-6-13(8-25-16)17(27)26-9-14(15(24)10-26)12-4-2-1-3-5-12/h1-8,14-15,18H,9-11,24H2/t14-,15+/m0/s1. The normalized spacial score (nSPS) is 19.9. The highest BCUT2D eigenvalue weighted by Gasteiger charge is 2.42. The van der Waals surface area contributed by atoms with Crippen molar-refractivity contribution in [2.75, 3.05) is 19.7 Å². The molecule has 1 amide bonds. The molecule has 0 saturated carbocycles. The number of carbonyl (C=O) groups is 1. The molecule has 0 radical (unpaired) electrons. The molecular formula is C19H19F4N3O2. The zero-order valence-corrected chi connectivity index (χ0v) is 14.8. The molecule has 3 rings (SSSR count). The second-order valence-electron chi connectivity index (χ2n) is 6.63. The van der Waals surface area contributed by atoms with Gasteiger partial charge in [-0.15, -0.1) is 0 Å². The van der Waals surface area contributed by atoms with E-state index in [9.17, 15) is 22.4 Å². The smallest absolute Gasteiger partial charge is 0.340 e. The minimum absolute atomic E-state index is 0.0114. The van der Waals surface area contributed by atoms with Gasteiger partial charge in [0.15, 0.2) is 6.61 Å². The van der Waals surface area contributed by atoms with Crippen molar-refractivity contribution in [3.63, 3.8) is 0 Å². The molecule has 1 aromatic carbocycles. The molecule has 150 valence electrons. The van der Waals surface area contributed by atoms with E-state index < -0.39 is 19.0 Å². The molecular weight excluding hydrogens is 378 g/mol. The van der Waals surface area contributed by atoms with Crippen molar-refractivity contribution in [3.05, 3.63) is 59.8 Å². The number of rotatable bonds is 6. The zero-order valence-electron chi connectivity index (χ0n) is 14.8. The molecule has 2 N–H and O–H groups in total. The van der Waals surface area contributed by atoms with Gasteiger partial charge < -0.3 is 15.4 Å². The molecule has 2 heterocycles. The second kappa shape index (κ2) is 8.14. The van der Waals surface area contributed by atoms with Crippen molar-refractivity contribution in [1.82, 2.24) is 9.88 Å². The maximum absolute atomic E-state index is 12.9. The van der Waals surface area contributed by atoms with Gasteiger partial charge in [0.1, 0.15) is 0 Å². The van der Waals surface area contributed by atoms with Crippen molar-refractivity contribution in [2.45, 2.75) is 24.3 Å². The van der Waals surface area contributed by atoms with Crippen molar-refractivity contribution >= 4 is 5.91 Å². The number of ether oxygens (including phenoxy) is 1. The summed E-state index contributed by atoms with van der Waals surface area (Å²) in [6.07, 6.45) is -2.66. The molecule has 28 heavy (non-hydrogen) atoms. The summed E-state index contributed by atoms with van der Waals surface area (Å²) >= 11 is 0. The van der Waals surface area contributed by atoms with Crippen LogP contribution in [0.1, 0.15) is 21.8 Å². The second-order valence-corrected chi connectivity index (χ2v) is 6.63. The number of benzene rings is 1. The fraction of sp³-hybridized carbons (Fsp3) is 0.368. The number of likely N-dealkylation sites (tertiary alicyclic amines) is 1. The van der Waals surface area contributed by atoms with Gasteiger partial charge in [-0.3, -0.25) is 4.79 Å². The fourth-order valence-electron chi connectivity index (χ4n) is 3.06. The Hall–Kier alpha value is -2.68. The number of alkyl halides is 4. The zero-order chi connectivity index (χ0) is 20.3. The van der Waals surface area contributed by atoms with E-state index in [4.69, 9.17) is 5.73 Å². The largest absolute Gasteiger partial charge is 0.471 e. The lowest BCUT2D eigenvalue weighted by atomic mass is 9.95. The van der Waals surface area contributed by atoms with E-state index in [1.165, 1.54) is 18.3 Å². The number of carbonyl (C=O) groups excluding carboxylic acids is 1. The Balaban J connectivity index is 1.62. The van der Waals surface area contributed by atoms with E-state index in [0.717, 1.165) is 5.56 Å². The third-order valence-corrected chi connectivity index (χ3v) is 4.60. The Kier molecular flexibility index (Phi) is 5.83. The summed E-state index contributed by atoms with van der Waals surface area (Å²) in [4.78, 5) is 18.0. The molecule has 1 aliphatic rings. The number of hydrogen-bond donors (Lipinski definition) is 1. The number of nitrogens with two attached hydrogens (primary N) is 1. The maximum atomic E-state index is 12.9. The van der Waals surface area contributed by atoms with Crippen molar-refractivity contribution < 1.29 is 27.1 Å². The number of pyridine rings is 1. The first-order valence-corrected chi connectivity index (χ1v) is 8.62. The first kappa shape index (κ1) is 20.1. The van der Waals surface area contributed by atoms with E-state index in [2.05, 4.69) is 9.72 Å². The predicted octanol–water partition coefficient (Wildman–Crippen LogP) is 2.93. The van der Waals surface area contributed by atoms with Crippen LogP contribution in [0.4, 0.5) is 17.6 Å². The van der Waals surface area contributed by atoms with E-state index >= 15 is 0 Å². The van der Waals surface area contributed by atoms with Crippen molar-refractivity contribution in [2.24, 2.45) is 5.73 Å². The Morgan fingerprint density at radius 1 is 1.21 bits per heavy atom. The number of halogens is 4. The third kappa shape index (κ3) is 4.41. The summed E-state index contributed by atoms with van der Waals surface area (Å²) in [7, 11) is 0. The lowest BCUT2D eigenvalue weighted by molar-refractivity contribution is -0.148. The molecule has 9 heteroatoms. The van der Waals surface area contributed by atoms with Gasteiger partial charge in [-0.25, -0.2) is 13.8 Å². The fourth-order valence-corrected chi connectivity index (χ4v) is 3.06. The van der Waals surface area contributed by atoms with Gasteiger partial charge in [-0.05, 0) is 11.6 Å². The number of amides is 1. The SMILES string of the molecule is N[C@@H]1CN(C(=O)c2ccc(OCC(F)(F)C(F)F)nc2)C[C@H]1c1ccccc1. The topological polar surface area (TPSA) is 68.5 Å². The van der Waals surface area contributed by atoms with E-state index in [1.807, 2.05) is 30.3 Å². The van der Waals surface area contributed by atoms with Crippen LogP contribution in [0.15, 0.2) is 48.7 Å². The Morgan fingerprint density at radius 2 is 1.93 bits per heavy atom. The molecule has 1 fully saturated rings. The van der Waals surface area contributed by atoms with Crippen LogP contribution >= 0.6 is 0 Å². The van der Waals surface area contributed by atoms with Crippen LogP contribution in [0.2, 0.25) is 0 Å². The van der Waals surface area contributed by atoms with Crippen molar-refractivity contribution in [3.8, 4) is 5.88 Å². The van der Waals surface area contributed by atoms with Crippen LogP contribution in [0.25, 0.3) is 0 Å². The molecule has 0 unspecified atom stereocenters. The summed E-state index contributed by atoms with van der Waals surface area (Å²) < 4.78 is 54.6. The molecule has 5 nitrogen and oxygen atoms in total. The van der Waals surface area contributed by atoms with Gasteiger partial charge in [-0.2, -0.15) is 8.78 Å². The predicted molar refractivity (Wildman–Crippen MR) is 93.7 cm³/mol. The van der Waals surface area contributed by atoms with Gasteiger partial charge in [0.25, 0.3) is 5.91 Å². The molecule has 2 atom stereocenters. The Bertz CT molecular complexity index is 803. The monoisotopic (exact) mass is 397 g/mol. The lowest BCUT2D eigenvalue weighted by Gasteiger charge is -2.17. The van der Waals surface area contributed by atoms with Crippen LogP contribution in [-0.2, 0) is 0 Å². The minimum Gasteiger partial charge on any atom is -0.471 e. The van der Waals surface area contributed by atoms with E-state index in [1.54, 1.807) is 4.90 Å². The summed E-state index contributed by atoms with van der Waals surface area (Å²) in [5, 5.41) is 0. The van der Waals surface area contributed by atoms with Gasteiger partial charge >= 0.3 is 12.3 Å². The average Bonchev–Trinajstić information content (AvgIpc) is 3.08. The van der Waals surface area contributed by atoms with Gasteiger partial charge in [0.2, 0.25) is 5.88 Å². The molecule has 0 aliphatic carbocycles. The van der Waals surface area contributed by atoms with Crippen LogP contribution in [-0.4, -0.2) is 53.9 Å². The first-order chi connectivity index (χ1) is 13.3. The minimum atomic E-state index is -4.27. The lowest BCUT2D eigenvalue weighted by Crippen LogP contribution is -2.34. The highest BCUT2D eigenvalue weighted by molar-refractivity contribution is 5.94. The van der Waals surface area contributed by atoms with E-state index in [0.29, 0.717) is 13.1 Å². The molecule has 1 aromatic heterocycles. The molecule has 1 aliphatic heterocycles. The quantitative estimate of drug-likeness (QED) is 0.761. The third-order valence-electron chi connectivity index (χ3n) is 4.60. The molecule has 0 bridgehead atoms. The van der Waals surface area contributed by atoms with Crippen LogP contribution < -0.4 is 10.5 Å². The van der Waals surface area contributed by atoms with E-state index in [-0.39, 0.29) is 29.3 Å². The highest BCUT2D eigenvalue weighted by atomic mass is 19.3. The molecule has 0 spiro atoms. The number of hydrogen-bond acceptors (Lipinski definition) is 4. The molecule has 2 aromatic rings. The van der Waals surface area contributed by atoms with Crippen LogP contribution in [0, 0.1) is 0 Å². The first-order valence-electron chi connectivity index (χ1n) is 8.62. The maximum Gasteiger partial charge on any atom is 0.340 e. The summed E-state index contributed by atoms with van der Waals surface area (Å²) in [5.74, 6) is -4.82. The summed E-state index contributed by atoms with van der Waals surface area (Å²) in [5.41, 5.74) is 7.46. The van der Waals surface area contributed by atoms with Gasteiger partial charge in [0.05, 0.1) is 5.56 Å². The average molecular weight is 397 g/mol. The highest BCUT2D eigenvalue weighted by Crippen LogP contribution is 2.28. The number of aromatic nitrogens is 1.